The van der Waals surface area contributed by atoms with Crippen LogP contribution in [0.25, 0.3) is 0 Å². The van der Waals surface area contributed by atoms with E-state index in [1.165, 1.54) is 0 Å². The van der Waals surface area contributed by atoms with Crippen molar-refractivity contribution in [1.82, 2.24) is 19.9 Å². The van der Waals surface area contributed by atoms with Crippen LogP contribution in [0.4, 0.5) is 0 Å². The molecule has 1 aromatic heterocycles. The van der Waals surface area contributed by atoms with Crippen molar-refractivity contribution in [3.05, 3.63) is 77.4 Å². The lowest BCUT2D eigenvalue weighted by Gasteiger charge is -2.06. The lowest BCUT2D eigenvalue weighted by atomic mass is 10.1. The fourth-order valence-corrected chi connectivity index (χ4v) is 3.61. The van der Waals surface area contributed by atoms with E-state index in [-0.39, 0.29) is 11.4 Å². The van der Waals surface area contributed by atoms with Crippen molar-refractivity contribution in [2.45, 2.75) is 24.7 Å². The highest BCUT2D eigenvalue weighted by molar-refractivity contribution is 7.89. The lowest BCUT2D eigenvalue weighted by Crippen LogP contribution is -2.26. The molecule has 2 N–H and O–H groups in total. The molecule has 0 atom stereocenters. The van der Waals surface area contributed by atoms with E-state index < -0.39 is 10.0 Å². The minimum Gasteiger partial charge on any atom is -0.263 e. The molecule has 0 saturated carbocycles. The van der Waals surface area contributed by atoms with Gasteiger partial charge in [-0.05, 0) is 30.2 Å². The van der Waals surface area contributed by atoms with E-state index in [2.05, 4.69) is 19.9 Å². The third-order valence-corrected chi connectivity index (χ3v) is 5.19. The number of hydrogen-bond acceptors (Lipinski definition) is 4. The molecule has 0 spiro atoms. The van der Waals surface area contributed by atoms with Crippen LogP contribution in [0.3, 0.4) is 0 Å². The van der Waals surface area contributed by atoms with Gasteiger partial charge in [-0.1, -0.05) is 42.5 Å². The fraction of sp³-hybridized carbons (Fsp3) is 0.222. The molecule has 7 heteroatoms. The Morgan fingerprint density at radius 2 is 1.88 bits per heavy atom. The number of nitrogens with one attached hydrogen (secondary N) is 2. The topological polar surface area (TPSA) is 87.7 Å². The summed E-state index contributed by atoms with van der Waals surface area (Å²) in [7, 11) is -3.51. The van der Waals surface area contributed by atoms with Gasteiger partial charge in [0.2, 0.25) is 10.0 Å². The Morgan fingerprint density at radius 3 is 2.64 bits per heavy atom. The lowest BCUT2D eigenvalue weighted by molar-refractivity contribution is 0.581. The summed E-state index contributed by atoms with van der Waals surface area (Å²) in [5, 5.41) is 7.05. The molecule has 0 aliphatic heterocycles. The van der Waals surface area contributed by atoms with Gasteiger partial charge in [0.1, 0.15) is 5.82 Å². The molecule has 0 radical (unpaired) electrons. The van der Waals surface area contributed by atoms with E-state index in [4.69, 9.17) is 0 Å². The van der Waals surface area contributed by atoms with Gasteiger partial charge in [-0.2, -0.15) is 5.10 Å². The molecule has 0 bridgehead atoms. The van der Waals surface area contributed by atoms with Crippen molar-refractivity contribution < 1.29 is 8.42 Å². The first kappa shape index (κ1) is 17.3. The third-order valence-electron chi connectivity index (χ3n) is 3.73. The van der Waals surface area contributed by atoms with Crippen LogP contribution in [0, 0.1) is 6.92 Å². The van der Waals surface area contributed by atoms with Crippen LogP contribution in [-0.4, -0.2) is 30.1 Å². The molecule has 0 aliphatic carbocycles. The smallest absolute Gasteiger partial charge is 0.240 e. The second-order valence-electron chi connectivity index (χ2n) is 5.82. The maximum Gasteiger partial charge on any atom is 0.240 e. The first-order chi connectivity index (χ1) is 12.0. The molecular weight excluding hydrogens is 336 g/mol. The van der Waals surface area contributed by atoms with Gasteiger partial charge in [0.15, 0.2) is 5.82 Å². The molecule has 0 aliphatic rings. The SMILES string of the molecule is Cc1cccc(S(=O)(=O)NCCc2n[nH]c(Cc3ccccc3)n2)c1. The summed E-state index contributed by atoms with van der Waals surface area (Å²) in [5.74, 6) is 1.36. The van der Waals surface area contributed by atoms with Crippen molar-refractivity contribution in [2.24, 2.45) is 0 Å². The third kappa shape index (κ3) is 4.74. The van der Waals surface area contributed by atoms with Crippen LogP contribution in [0.5, 0.6) is 0 Å². The van der Waals surface area contributed by atoms with E-state index in [0.29, 0.717) is 18.7 Å². The van der Waals surface area contributed by atoms with Gasteiger partial charge < -0.3 is 0 Å². The number of aromatic amines is 1. The molecule has 0 amide bonds. The number of H-pyrrole nitrogens is 1. The van der Waals surface area contributed by atoms with Crippen molar-refractivity contribution in [3.63, 3.8) is 0 Å². The summed E-state index contributed by atoms with van der Waals surface area (Å²) < 4.78 is 27.1. The number of nitrogens with zero attached hydrogens (tertiary/aromatic N) is 2. The Kier molecular flexibility index (Phi) is 5.25. The van der Waals surface area contributed by atoms with Crippen LogP contribution in [0.1, 0.15) is 22.8 Å². The summed E-state index contributed by atoms with van der Waals surface area (Å²) >= 11 is 0. The Hall–Kier alpha value is -2.51. The highest BCUT2D eigenvalue weighted by Crippen LogP contribution is 2.10. The zero-order valence-corrected chi connectivity index (χ0v) is 14.8. The Bertz CT molecular complexity index is 936. The monoisotopic (exact) mass is 356 g/mol. The van der Waals surface area contributed by atoms with Gasteiger partial charge >= 0.3 is 0 Å². The summed E-state index contributed by atoms with van der Waals surface area (Å²) in [4.78, 5) is 4.68. The van der Waals surface area contributed by atoms with Gasteiger partial charge in [-0.15, -0.1) is 0 Å². The standard InChI is InChI=1S/C18H20N4O2S/c1-14-6-5-9-16(12-14)25(23,24)19-11-10-17-20-18(22-21-17)13-15-7-3-2-4-8-15/h2-9,12,19H,10-11,13H2,1H3,(H,20,21,22). The first-order valence-corrected chi connectivity index (χ1v) is 9.52. The van der Waals surface area contributed by atoms with Gasteiger partial charge in [-0.25, -0.2) is 18.1 Å². The van der Waals surface area contributed by atoms with E-state index in [9.17, 15) is 8.42 Å². The van der Waals surface area contributed by atoms with Crippen molar-refractivity contribution in [2.75, 3.05) is 6.54 Å². The normalized spacial score (nSPS) is 11.6. The van der Waals surface area contributed by atoms with E-state index in [1.807, 2.05) is 43.3 Å². The zero-order chi connectivity index (χ0) is 17.7. The van der Waals surface area contributed by atoms with Crippen molar-refractivity contribution >= 4 is 10.0 Å². The van der Waals surface area contributed by atoms with Gasteiger partial charge in [0.05, 0.1) is 4.90 Å². The highest BCUT2D eigenvalue weighted by atomic mass is 32.2. The molecular formula is C18H20N4O2S. The molecule has 0 unspecified atom stereocenters. The van der Waals surface area contributed by atoms with E-state index in [0.717, 1.165) is 17.0 Å². The molecule has 130 valence electrons. The van der Waals surface area contributed by atoms with Crippen LogP contribution < -0.4 is 4.72 Å². The minimum absolute atomic E-state index is 0.249. The van der Waals surface area contributed by atoms with Gasteiger partial charge in [0, 0.05) is 19.4 Å². The van der Waals surface area contributed by atoms with E-state index in [1.54, 1.807) is 18.2 Å². The quantitative estimate of drug-likeness (QED) is 0.679. The average Bonchev–Trinajstić information content (AvgIpc) is 3.03. The fourth-order valence-electron chi connectivity index (χ4n) is 2.48. The number of sulfonamides is 1. The summed E-state index contributed by atoms with van der Waals surface area (Å²) in [6.07, 6.45) is 1.10. The predicted molar refractivity (Wildman–Crippen MR) is 95.7 cm³/mol. The minimum atomic E-state index is -3.51. The molecule has 6 nitrogen and oxygen atoms in total. The maximum atomic E-state index is 12.3. The molecule has 25 heavy (non-hydrogen) atoms. The number of rotatable bonds is 7. The van der Waals surface area contributed by atoms with Crippen LogP contribution in [-0.2, 0) is 22.9 Å². The van der Waals surface area contributed by atoms with Crippen LogP contribution in [0.15, 0.2) is 59.5 Å². The zero-order valence-electron chi connectivity index (χ0n) is 13.9. The van der Waals surface area contributed by atoms with Crippen molar-refractivity contribution in [3.8, 4) is 0 Å². The Morgan fingerprint density at radius 1 is 1.08 bits per heavy atom. The number of aryl methyl sites for hydroxylation is 1. The van der Waals surface area contributed by atoms with Crippen LogP contribution in [0.2, 0.25) is 0 Å². The molecule has 3 rings (SSSR count). The molecule has 0 saturated heterocycles. The Balaban J connectivity index is 1.56. The second-order valence-corrected chi connectivity index (χ2v) is 7.59. The van der Waals surface area contributed by atoms with Gasteiger partial charge in [-0.3, -0.25) is 5.10 Å². The predicted octanol–water partition coefficient (Wildman–Crippen LogP) is 2.22. The first-order valence-electron chi connectivity index (χ1n) is 8.03. The largest absolute Gasteiger partial charge is 0.263 e. The van der Waals surface area contributed by atoms with Gasteiger partial charge in [0.25, 0.3) is 0 Å². The van der Waals surface area contributed by atoms with Crippen LogP contribution >= 0.6 is 0 Å². The van der Waals surface area contributed by atoms with Crippen molar-refractivity contribution in [1.29, 1.82) is 0 Å². The molecule has 1 heterocycles. The molecule has 0 fully saturated rings. The summed E-state index contributed by atoms with van der Waals surface area (Å²) in [5.41, 5.74) is 2.05. The number of benzene rings is 2. The Labute approximate surface area is 147 Å². The number of hydrogen-bond donors (Lipinski definition) is 2. The summed E-state index contributed by atoms with van der Waals surface area (Å²) in [6.45, 7) is 2.11. The second kappa shape index (κ2) is 7.58. The molecule has 3 aromatic rings. The molecule has 2 aromatic carbocycles. The average molecular weight is 356 g/mol. The summed E-state index contributed by atoms with van der Waals surface area (Å²) in [6, 6.07) is 16.8. The maximum absolute atomic E-state index is 12.3. The highest BCUT2D eigenvalue weighted by Gasteiger charge is 2.14. The van der Waals surface area contributed by atoms with E-state index >= 15 is 0 Å². The number of aromatic nitrogens is 3.